The Morgan fingerprint density at radius 2 is 0.933 bits per heavy atom. The number of nitrogens with zero attached hydrogens (tertiary/aromatic N) is 6. The molecule has 0 bridgehead atoms. The second-order valence-electron chi connectivity index (χ2n) is 15.7. The molecule has 4 N–H and O–H groups in total. The van der Waals surface area contributed by atoms with Crippen LogP contribution in [0.3, 0.4) is 0 Å². The van der Waals surface area contributed by atoms with E-state index in [1.807, 2.05) is 4.90 Å². The quantitative estimate of drug-likeness (QED) is 0.188. The van der Waals surface area contributed by atoms with Crippen molar-refractivity contribution in [1.29, 1.82) is 0 Å². The third-order valence-corrected chi connectivity index (χ3v) is 8.85. The summed E-state index contributed by atoms with van der Waals surface area (Å²) in [6.45, 7) is 21.4. The molecule has 0 aromatic carbocycles. The zero-order chi connectivity index (χ0) is 33.5. The fourth-order valence-corrected chi connectivity index (χ4v) is 7.92. The number of piperidine rings is 2. The molecule has 2 aliphatic heterocycles. The van der Waals surface area contributed by atoms with Gasteiger partial charge in [0.15, 0.2) is 0 Å². The van der Waals surface area contributed by atoms with E-state index in [-0.39, 0.29) is 47.5 Å². The summed E-state index contributed by atoms with van der Waals surface area (Å²) in [5.41, 5.74) is -0.266. The average molecular weight is 637 g/mol. The van der Waals surface area contributed by atoms with Crippen molar-refractivity contribution in [3.8, 4) is 0 Å². The number of methoxy groups -OCH3 is 2. The van der Waals surface area contributed by atoms with Gasteiger partial charge in [-0.1, -0.05) is 0 Å². The zero-order valence-electron chi connectivity index (χ0n) is 29.9. The van der Waals surface area contributed by atoms with Crippen LogP contribution in [0.1, 0.15) is 93.9 Å². The van der Waals surface area contributed by atoms with E-state index < -0.39 is 0 Å². The SMILES string of the molecule is COCCCN(c1nc(N(CCO)CCO)nc(N(CCCOC)C2CC(C)(C)NC(C)(C)C2)n1)C1CC(C)(C)NC(C)(C)C1. The smallest absolute Gasteiger partial charge is 0.232 e. The van der Waals surface area contributed by atoms with Crippen LogP contribution >= 0.6 is 0 Å². The van der Waals surface area contributed by atoms with Gasteiger partial charge in [-0.2, -0.15) is 15.0 Å². The van der Waals surface area contributed by atoms with Crippen LogP contribution in [0.5, 0.6) is 0 Å². The molecule has 0 spiro atoms. The molecule has 3 heterocycles. The third-order valence-electron chi connectivity index (χ3n) is 8.85. The molecular formula is C33H64N8O4. The van der Waals surface area contributed by atoms with Crippen molar-refractivity contribution in [2.24, 2.45) is 0 Å². The van der Waals surface area contributed by atoms with Crippen LogP contribution in [0.25, 0.3) is 0 Å². The van der Waals surface area contributed by atoms with E-state index in [0.29, 0.717) is 44.1 Å². The molecule has 3 rings (SSSR count). The predicted octanol–water partition coefficient (Wildman–Crippen LogP) is 2.97. The molecular weight excluding hydrogens is 572 g/mol. The molecule has 12 heteroatoms. The lowest BCUT2D eigenvalue weighted by Crippen LogP contribution is -2.63. The van der Waals surface area contributed by atoms with Crippen LogP contribution in [-0.2, 0) is 9.47 Å². The second kappa shape index (κ2) is 15.8. The van der Waals surface area contributed by atoms with E-state index in [1.165, 1.54) is 0 Å². The minimum absolute atomic E-state index is 0.0666. The number of anilines is 3. The Balaban J connectivity index is 2.20. The minimum Gasteiger partial charge on any atom is -0.395 e. The molecule has 0 aliphatic carbocycles. The highest BCUT2D eigenvalue weighted by molar-refractivity contribution is 5.48. The fraction of sp³-hybridized carbons (Fsp3) is 0.909. The number of rotatable bonds is 17. The van der Waals surface area contributed by atoms with Gasteiger partial charge in [0.1, 0.15) is 0 Å². The number of ether oxygens (including phenoxy) is 2. The van der Waals surface area contributed by atoms with E-state index in [2.05, 4.69) is 75.8 Å². The molecule has 2 fully saturated rings. The monoisotopic (exact) mass is 637 g/mol. The van der Waals surface area contributed by atoms with Gasteiger partial charge in [-0.25, -0.2) is 0 Å². The van der Waals surface area contributed by atoms with Gasteiger partial charge >= 0.3 is 0 Å². The van der Waals surface area contributed by atoms with Crippen LogP contribution in [0, 0.1) is 0 Å². The first-order valence-electron chi connectivity index (χ1n) is 16.9. The maximum atomic E-state index is 9.95. The van der Waals surface area contributed by atoms with Crippen molar-refractivity contribution in [3.63, 3.8) is 0 Å². The number of aromatic nitrogens is 3. The van der Waals surface area contributed by atoms with Gasteiger partial charge in [0.2, 0.25) is 17.8 Å². The van der Waals surface area contributed by atoms with Crippen molar-refractivity contribution in [2.75, 3.05) is 81.5 Å². The summed E-state index contributed by atoms with van der Waals surface area (Å²) in [5.74, 6) is 1.75. The van der Waals surface area contributed by atoms with E-state index in [1.54, 1.807) is 14.2 Å². The molecule has 0 amide bonds. The maximum Gasteiger partial charge on any atom is 0.232 e. The summed E-state index contributed by atoms with van der Waals surface area (Å²) in [6.07, 6.45) is 5.41. The summed E-state index contributed by atoms with van der Waals surface area (Å²) >= 11 is 0. The summed E-state index contributed by atoms with van der Waals surface area (Å²) in [5, 5.41) is 27.5. The van der Waals surface area contributed by atoms with Crippen molar-refractivity contribution in [2.45, 2.75) is 128 Å². The molecule has 2 saturated heterocycles. The molecule has 2 aliphatic rings. The summed E-state index contributed by atoms with van der Waals surface area (Å²) in [7, 11) is 3.48. The van der Waals surface area contributed by atoms with Gasteiger partial charge in [0.05, 0.1) is 13.2 Å². The third kappa shape index (κ3) is 11.1. The van der Waals surface area contributed by atoms with Gasteiger partial charge in [-0.15, -0.1) is 0 Å². The van der Waals surface area contributed by atoms with Crippen LogP contribution in [0.15, 0.2) is 0 Å². The van der Waals surface area contributed by atoms with Gasteiger partial charge in [0.25, 0.3) is 0 Å². The normalized spacial score (nSPS) is 21.1. The Bertz CT molecular complexity index is 945. The lowest BCUT2D eigenvalue weighted by atomic mass is 9.79. The molecule has 0 saturated carbocycles. The first-order valence-corrected chi connectivity index (χ1v) is 16.9. The fourth-order valence-electron chi connectivity index (χ4n) is 7.92. The topological polar surface area (TPSA) is 131 Å². The van der Waals surface area contributed by atoms with Gasteiger partial charge in [-0.05, 0) is 93.9 Å². The van der Waals surface area contributed by atoms with E-state index >= 15 is 0 Å². The lowest BCUT2D eigenvalue weighted by molar-refractivity contribution is 0.154. The van der Waals surface area contributed by atoms with Crippen LogP contribution in [0.2, 0.25) is 0 Å². The number of aliphatic hydroxyl groups is 2. The predicted molar refractivity (Wildman–Crippen MR) is 183 cm³/mol. The Kier molecular flexibility index (Phi) is 13.2. The summed E-state index contributed by atoms with van der Waals surface area (Å²) in [6, 6.07) is 0.387. The van der Waals surface area contributed by atoms with E-state index in [9.17, 15) is 10.2 Å². The number of aliphatic hydroxyl groups excluding tert-OH is 2. The van der Waals surface area contributed by atoms with Gasteiger partial charge in [0, 0.05) is 87.9 Å². The molecule has 1 aromatic heterocycles. The lowest BCUT2D eigenvalue weighted by Gasteiger charge is -2.50. The summed E-state index contributed by atoms with van der Waals surface area (Å²) in [4.78, 5) is 22.0. The zero-order valence-corrected chi connectivity index (χ0v) is 29.9. The van der Waals surface area contributed by atoms with Gasteiger partial charge < -0.3 is 45.0 Å². The van der Waals surface area contributed by atoms with E-state index in [4.69, 9.17) is 24.4 Å². The molecule has 0 unspecified atom stereocenters. The Hall–Kier alpha value is -1.83. The van der Waals surface area contributed by atoms with Crippen LogP contribution < -0.4 is 25.3 Å². The highest BCUT2D eigenvalue weighted by Crippen LogP contribution is 2.36. The number of hydrogen-bond acceptors (Lipinski definition) is 12. The van der Waals surface area contributed by atoms with Crippen LogP contribution in [-0.4, -0.2) is 126 Å². The molecule has 0 atom stereocenters. The minimum atomic E-state index is -0.0706. The van der Waals surface area contributed by atoms with Crippen molar-refractivity contribution >= 4 is 17.8 Å². The first-order chi connectivity index (χ1) is 21.0. The van der Waals surface area contributed by atoms with Gasteiger partial charge in [-0.3, -0.25) is 0 Å². The first kappa shape index (κ1) is 37.6. The highest BCUT2D eigenvalue weighted by atomic mass is 16.5. The number of hydrogen-bond donors (Lipinski definition) is 4. The average Bonchev–Trinajstić information content (AvgIpc) is 2.89. The highest BCUT2D eigenvalue weighted by Gasteiger charge is 2.43. The Morgan fingerprint density at radius 1 is 0.600 bits per heavy atom. The number of nitrogens with one attached hydrogen (secondary N) is 2. The largest absolute Gasteiger partial charge is 0.395 e. The van der Waals surface area contributed by atoms with E-state index in [0.717, 1.165) is 51.6 Å². The van der Waals surface area contributed by atoms with Crippen molar-refractivity contribution in [1.82, 2.24) is 25.6 Å². The summed E-state index contributed by atoms with van der Waals surface area (Å²) < 4.78 is 11.0. The molecule has 45 heavy (non-hydrogen) atoms. The van der Waals surface area contributed by atoms with Crippen molar-refractivity contribution < 1.29 is 19.7 Å². The van der Waals surface area contributed by atoms with Crippen LogP contribution in [0.4, 0.5) is 17.8 Å². The molecule has 1 aromatic rings. The molecule has 12 nitrogen and oxygen atoms in total. The van der Waals surface area contributed by atoms with Crippen molar-refractivity contribution in [3.05, 3.63) is 0 Å². The second-order valence-corrected chi connectivity index (χ2v) is 15.7. The molecule has 260 valence electrons. The standard InChI is InChI=1S/C33H64N8O4/c1-30(2)21-25(22-31(3,4)37-30)40(13-11-19-44-9)28-34-27(39(15-17-42)16-18-43)35-29(36-28)41(14-12-20-45-10)26-23-32(5,6)38-33(7,8)24-26/h25-26,37-38,42-43H,11-24H2,1-10H3. The molecule has 0 radical (unpaired) electrons. The Labute approximate surface area is 272 Å². The maximum absolute atomic E-state index is 9.95. The Morgan fingerprint density at radius 3 is 1.24 bits per heavy atom.